The molecule has 316 valence electrons. The van der Waals surface area contributed by atoms with Crippen molar-refractivity contribution in [2.45, 2.75) is 219 Å². The molecule has 0 saturated heterocycles. The maximum Gasteiger partial charge on any atom is 0.306 e. The first kappa shape index (κ1) is 52.1. The fourth-order valence-electron chi connectivity index (χ4n) is 6.06. The van der Waals surface area contributed by atoms with Crippen LogP contribution in [0.25, 0.3) is 0 Å². The molecule has 1 atom stereocenters. The molecule has 0 N–H and O–H groups in total. The Hall–Kier alpha value is -2.89. The van der Waals surface area contributed by atoms with Crippen LogP contribution in [0, 0.1) is 0 Å². The highest BCUT2D eigenvalue weighted by Gasteiger charge is 2.19. The summed E-state index contributed by atoms with van der Waals surface area (Å²) in [5, 5.41) is 0. The van der Waals surface area contributed by atoms with Gasteiger partial charge in [0.15, 0.2) is 6.10 Å². The summed E-state index contributed by atoms with van der Waals surface area (Å²) in [4.78, 5) is 37.6. The Morgan fingerprint density at radius 3 is 1.18 bits per heavy atom. The van der Waals surface area contributed by atoms with Gasteiger partial charge >= 0.3 is 17.9 Å². The lowest BCUT2D eigenvalue weighted by Gasteiger charge is -2.18. The van der Waals surface area contributed by atoms with Crippen LogP contribution in [0.15, 0.2) is 60.8 Å². The molecule has 6 nitrogen and oxygen atoms in total. The maximum atomic E-state index is 12.7. The van der Waals surface area contributed by atoms with E-state index in [0.29, 0.717) is 19.3 Å². The van der Waals surface area contributed by atoms with Crippen LogP contribution in [0.2, 0.25) is 0 Å². The van der Waals surface area contributed by atoms with Gasteiger partial charge in [0.2, 0.25) is 0 Å². The molecule has 0 aliphatic carbocycles. The number of rotatable bonds is 40. The van der Waals surface area contributed by atoms with Gasteiger partial charge in [-0.1, -0.05) is 178 Å². The summed E-state index contributed by atoms with van der Waals surface area (Å²) in [5.41, 5.74) is 0. The monoisotopic (exact) mass is 769 g/mol. The standard InChI is InChI=1S/C49H84O6/c1-4-7-10-13-16-18-20-21-22-23-24-25-26-27-29-30-33-36-39-42-48(51)54-45-46(44-53-47(50)41-38-35-32-15-12-9-6-3)55-49(52)43-40-37-34-31-28-19-17-14-11-8-5-2/h7,10,14,16-18,21-22,24-25,46H,4-6,8-9,11-13,15,19-20,23,26-45H2,1-3H3/b10-7-,17-14-,18-16-,22-21-,25-24-. The fourth-order valence-corrected chi connectivity index (χ4v) is 6.06. The van der Waals surface area contributed by atoms with Gasteiger partial charge in [0, 0.05) is 19.3 Å². The third-order valence-corrected chi connectivity index (χ3v) is 9.51. The summed E-state index contributed by atoms with van der Waals surface area (Å²) >= 11 is 0. The molecule has 0 aromatic carbocycles. The molecule has 0 aliphatic heterocycles. The summed E-state index contributed by atoms with van der Waals surface area (Å²) in [6, 6.07) is 0. The van der Waals surface area contributed by atoms with E-state index in [1.54, 1.807) is 0 Å². The van der Waals surface area contributed by atoms with E-state index in [1.807, 2.05) is 0 Å². The van der Waals surface area contributed by atoms with Crippen LogP contribution in [0.3, 0.4) is 0 Å². The van der Waals surface area contributed by atoms with Gasteiger partial charge in [-0.25, -0.2) is 0 Å². The smallest absolute Gasteiger partial charge is 0.306 e. The lowest BCUT2D eigenvalue weighted by atomic mass is 10.1. The lowest BCUT2D eigenvalue weighted by molar-refractivity contribution is -0.167. The summed E-state index contributed by atoms with van der Waals surface area (Å²) in [7, 11) is 0. The molecule has 0 aromatic rings. The van der Waals surface area contributed by atoms with Crippen LogP contribution in [0.4, 0.5) is 0 Å². The van der Waals surface area contributed by atoms with Gasteiger partial charge in [0.1, 0.15) is 13.2 Å². The molecule has 0 aromatic heterocycles. The van der Waals surface area contributed by atoms with E-state index in [0.717, 1.165) is 103 Å². The largest absolute Gasteiger partial charge is 0.462 e. The second-order valence-electron chi connectivity index (χ2n) is 14.9. The zero-order chi connectivity index (χ0) is 40.1. The molecule has 0 fully saturated rings. The van der Waals surface area contributed by atoms with Gasteiger partial charge in [-0.2, -0.15) is 0 Å². The van der Waals surface area contributed by atoms with Crippen molar-refractivity contribution < 1.29 is 28.6 Å². The number of hydrogen-bond donors (Lipinski definition) is 0. The SMILES string of the molecule is CC/C=C\C/C=C\C/C=C\C/C=C\CCCCCCCCC(=O)OCC(COC(=O)CCCCCCCCC)OC(=O)CCCCCCC/C=C\CCCC. The molecular formula is C49H84O6. The Bertz CT molecular complexity index is 1020. The second-order valence-corrected chi connectivity index (χ2v) is 14.9. The zero-order valence-electron chi connectivity index (χ0n) is 35.9. The summed E-state index contributed by atoms with van der Waals surface area (Å²) in [6.45, 7) is 6.41. The van der Waals surface area contributed by atoms with Gasteiger partial charge < -0.3 is 14.2 Å². The summed E-state index contributed by atoms with van der Waals surface area (Å²) in [5.74, 6) is -0.917. The predicted octanol–water partition coefficient (Wildman–Crippen LogP) is 14.5. The third-order valence-electron chi connectivity index (χ3n) is 9.51. The molecular weight excluding hydrogens is 685 g/mol. The van der Waals surface area contributed by atoms with Crippen LogP contribution in [0.5, 0.6) is 0 Å². The van der Waals surface area contributed by atoms with E-state index in [4.69, 9.17) is 14.2 Å². The van der Waals surface area contributed by atoms with Crippen LogP contribution >= 0.6 is 0 Å². The van der Waals surface area contributed by atoms with Crippen molar-refractivity contribution in [1.29, 1.82) is 0 Å². The second kappa shape index (κ2) is 43.8. The quantitative estimate of drug-likeness (QED) is 0.0267. The molecule has 0 rings (SSSR count). The van der Waals surface area contributed by atoms with E-state index < -0.39 is 6.10 Å². The molecule has 0 heterocycles. The lowest BCUT2D eigenvalue weighted by Crippen LogP contribution is -2.30. The molecule has 0 aliphatic rings. The van der Waals surface area contributed by atoms with Crippen molar-refractivity contribution in [1.82, 2.24) is 0 Å². The minimum absolute atomic E-state index is 0.0823. The summed E-state index contributed by atoms with van der Waals surface area (Å²) in [6.07, 6.45) is 52.1. The minimum Gasteiger partial charge on any atom is -0.462 e. The van der Waals surface area contributed by atoms with Crippen molar-refractivity contribution in [2.75, 3.05) is 13.2 Å². The van der Waals surface area contributed by atoms with Crippen molar-refractivity contribution in [2.24, 2.45) is 0 Å². The predicted molar refractivity (Wildman–Crippen MR) is 233 cm³/mol. The van der Waals surface area contributed by atoms with Crippen molar-refractivity contribution in [3.63, 3.8) is 0 Å². The highest BCUT2D eigenvalue weighted by Crippen LogP contribution is 2.13. The van der Waals surface area contributed by atoms with Crippen LogP contribution < -0.4 is 0 Å². The highest BCUT2D eigenvalue weighted by atomic mass is 16.6. The van der Waals surface area contributed by atoms with Crippen molar-refractivity contribution >= 4 is 17.9 Å². The number of unbranched alkanes of at least 4 members (excludes halogenated alkanes) is 19. The Morgan fingerprint density at radius 1 is 0.382 bits per heavy atom. The Kier molecular flexibility index (Phi) is 41.5. The third kappa shape index (κ3) is 42.1. The minimum atomic E-state index is -0.779. The average molecular weight is 769 g/mol. The first-order chi connectivity index (χ1) is 27.0. The number of allylic oxidation sites excluding steroid dienone is 10. The maximum absolute atomic E-state index is 12.7. The highest BCUT2D eigenvalue weighted by molar-refractivity contribution is 5.71. The number of carbonyl (C=O) groups is 3. The van der Waals surface area contributed by atoms with Crippen LogP contribution in [-0.2, 0) is 28.6 Å². The normalized spacial score (nSPS) is 12.6. The molecule has 0 amide bonds. The topological polar surface area (TPSA) is 78.9 Å². The van der Waals surface area contributed by atoms with E-state index in [2.05, 4.69) is 81.5 Å². The molecule has 0 radical (unpaired) electrons. The fraction of sp³-hybridized carbons (Fsp3) is 0.735. The van der Waals surface area contributed by atoms with Gasteiger partial charge in [0.25, 0.3) is 0 Å². The first-order valence-corrected chi connectivity index (χ1v) is 22.8. The van der Waals surface area contributed by atoms with Crippen molar-refractivity contribution in [3.8, 4) is 0 Å². The first-order valence-electron chi connectivity index (χ1n) is 22.8. The number of hydrogen-bond acceptors (Lipinski definition) is 6. The summed E-state index contributed by atoms with van der Waals surface area (Å²) < 4.78 is 16.6. The van der Waals surface area contributed by atoms with Crippen LogP contribution in [0.1, 0.15) is 213 Å². The molecule has 0 bridgehead atoms. The van der Waals surface area contributed by atoms with Crippen LogP contribution in [-0.4, -0.2) is 37.2 Å². The Labute approximate surface area is 339 Å². The number of carbonyl (C=O) groups excluding carboxylic acids is 3. The Morgan fingerprint density at radius 2 is 0.727 bits per heavy atom. The van der Waals surface area contributed by atoms with Crippen molar-refractivity contribution in [3.05, 3.63) is 60.8 Å². The Balaban J connectivity index is 4.30. The van der Waals surface area contributed by atoms with E-state index in [9.17, 15) is 14.4 Å². The van der Waals surface area contributed by atoms with Gasteiger partial charge in [-0.15, -0.1) is 0 Å². The molecule has 55 heavy (non-hydrogen) atoms. The molecule has 0 saturated carbocycles. The zero-order valence-corrected chi connectivity index (χ0v) is 35.9. The van der Waals surface area contributed by atoms with E-state index >= 15 is 0 Å². The molecule has 1 unspecified atom stereocenters. The molecule has 0 spiro atoms. The van der Waals surface area contributed by atoms with Gasteiger partial charge in [-0.05, 0) is 77.0 Å². The number of ether oxygens (including phenoxy) is 3. The molecule has 6 heteroatoms. The van der Waals surface area contributed by atoms with E-state index in [1.165, 1.54) is 70.6 Å². The average Bonchev–Trinajstić information content (AvgIpc) is 3.18. The van der Waals surface area contributed by atoms with E-state index in [-0.39, 0.29) is 31.1 Å². The number of esters is 3. The van der Waals surface area contributed by atoms with Gasteiger partial charge in [0.05, 0.1) is 0 Å². The van der Waals surface area contributed by atoms with Gasteiger partial charge in [-0.3, -0.25) is 14.4 Å².